The number of hydrogen-bond acceptors (Lipinski definition) is 3. The quantitative estimate of drug-likeness (QED) is 0.724. The summed E-state index contributed by atoms with van der Waals surface area (Å²) in [5, 5.41) is 5.43. The lowest BCUT2D eigenvalue weighted by atomic mass is 9.87. The molecule has 2 amide bonds. The van der Waals surface area contributed by atoms with Gasteiger partial charge in [0.25, 0.3) is 11.8 Å². The summed E-state index contributed by atoms with van der Waals surface area (Å²) < 4.78 is 0. The van der Waals surface area contributed by atoms with Crippen molar-refractivity contribution < 1.29 is 9.59 Å². The number of carbonyl (C=O) groups is 2. The van der Waals surface area contributed by atoms with Gasteiger partial charge in [0.1, 0.15) is 5.00 Å². The predicted octanol–water partition coefficient (Wildman–Crippen LogP) is 4.38. The Labute approximate surface area is 156 Å². The highest BCUT2D eigenvalue weighted by Crippen LogP contribution is 2.39. The molecule has 1 atom stereocenters. The fourth-order valence-electron chi connectivity index (χ4n) is 3.70. The van der Waals surface area contributed by atoms with Gasteiger partial charge < -0.3 is 11.1 Å². The van der Waals surface area contributed by atoms with Gasteiger partial charge in [0.05, 0.1) is 5.56 Å². The van der Waals surface area contributed by atoms with Crippen LogP contribution in [0.25, 0.3) is 10.8 Å². The molecule has 1 aromatic heterocycles. The molecule has 26 heavy (non-hydrogen) atoms. The molecule has 1 aliphatic carbocycles. The lowest BCUT2D eigenvalue weighted by Crippen LogP contribution is -2.20. The van der Waals surface area contributed by atoms with Gasteiger partial charge in [0, 0.05) is 10.4 Å². The first-order valence-corrected chi connectivity index (χ1v) is 9.59. The number of rotatable bonds is 3. The summed E-state index contributed by atoms with van der Waals surface area (Å²) in [7, 11) is 0. The van der Waals surface area contributed by atoms with Gasteiger partial charge in [-0.15, -0.1) is 11.3 Å². The van der Waals surface area contributed by atoms with Gasteiger partial charge in [0.2, 0.25) is 0 Å². The molecular weight excluding hydrogens is 344 g/mol. The molecule has 0 spiro atoms. The van der Waals surface area contributed by atoms with E-state index in [0.29, 0.717) is 22.0 Å². The second-order valence-electron chi connectivity index (χ2n) is 6.90. The fraction of sp³-hybridized carbons (Fsp3) is 0.238. The predicted molar refractivity (Wildman–Crippen MR) is 106 cm³/mol. The molecule has 0 saturated heterocycles. The average molecular weight is 364 g/mol. The van der Waals surface area contributed by atoms with Crippen molar-refractivity contribution in [2.75, 3.05) is 5.32 Å². The van der Waals surface area contributed by atoms with E-state index in [1.54, 1.807) is 6.07 Å². The van der Waals surface area contributed by atoms with Gasteiger partial charge in [0.15, 0.2) is 0 Å². The number of amides is 2. The summed E-state index contributed by atoms with van der Waals surface area (Å²) in [6, 6.07) is 13.4. The van der Waals surface area contributed by atoms with Gasteiger partial charge in [-0.2, -0.15) is 0 Å². The monoisotopic (exact) mass is 364 g/mol. The Morgan fingerprint density at radius 3 is 2.73 bits per heavy atom. The smallest absolute Gasteiger partial charge is 0.256 e. The van der Waals surface area contributed by atoms with Crippen LogP contribution >= 0.6 is 11.3 Å². The minimum Gasteiger partial charge on any atom is -0.365 e. The van der Waals surface area contributed by atoms with Crippen molar-refractivity contribution in [3.8, 4) is 0 Å². The van der Waals surface area contributed by atoms with Crippen LogP contribution in [0.2, 0.25) is 0 Å². The van der Waals surface area contributed by atoms with E-state index in [-0.39, 0.29) is 5.91 Å². The number of fused-ring (bicyclic) bond motifs is 2. The number of carbonyl (C=O) groups excluding carboxylic acids is 2. The van der Waals surface area contributed by atoms with Crippen LogP contribution in [0, 0.1) is 5.92 Å². The van der Waals surface area contributed by atoms with Gasteiger partial charge >= 0.3 is 0 Å². The largest absolute Gasteiger partial charge is 0.365 e. The Morgan fingerprint density at radius 2 is 1.92 bits per heavy atom. The van der Waals surface area contributed by atoms with Crippen molar-refractivity contribution >= 4 is 38.9 Å². The van der Waals surface area contributed by atoms with Crippen LogP contribution < -0.4 is 11.1 Å². The first-order chi connectivity index (χ1) is 12.5. The summed E-state index contributed by atoms with van der Waals surface area (Å²) in [6.45, 7) is 2.18. The normalized spacial score (nSPS) is 16.3. The van der Waals surface area contributed by atoms with Crippen molar-refractivity contribution in [3.05, 3.63) is 64.0 Å². The van der Waals surface area contributed by atoms with Crippen LogP contribution in [0.5, 0.6) is 0 Å². The fourth-order valence-corrected chi connectivity index (χ4v) is 4.95. The lowest BCUT2D eigenvalue weighted by Gasteiger charge is -2.18. The van der Waals surface area contributed by atoms with Crippen molar-refractivity contribution in [1.82, 2.24) is 0 Å². The summed E-state index contributed by atoms with van der Waals surface area (Å²) in [5.41, 5.74) is 7.76. The summed E-state index contributed by atoms with van der Waals surface area (Å²) in [4.78, 5) is 26.2. The average Bonchev–Trinajstić information content (AvgIpc) is 2.98. The van der Waals surface area contributed by atoms with Gasteiger partial charge in [-0.1, -0.05) is 43.3 Å². The molecule has 4 nitrogen and oxygen atoms in total. The molecule has 0 aliphatic heterocycles. The van der Waals surface area contributed by atoms with E-state index in [2.05, 4.69) is 12.2 Å². The van der Waals surface area contributed by atoms with E-state index in [1.165, 1.54) is 16.2 Å². The number of nitrogens with two attached hydrogens (primary N) is 1. The number of aryl methyl sites for hydroxylation is 1. The van der Waals surface area contributed by atoms with Crippen LogP contribution in [-0.4, -0.2) is 11.8 Å². The summed E-state index contributed by atoms with van der Waals surface area (Å²) >= 11 is 1.49. The van der Waals surface area contributed by atoms with Crippen LogP contribution in [0.15, 0.2) is 42.5 Å². The lowest BCUT2D eigenvalue weighted by molar-refractivity contribution is 0.1000. The molecular formula is C21H20N2O2S. The number of thiophene rings is 1. The standard InChI is InChI=1S/C21H20N2O2S/c1-12-9-10-17-16(11-12)18(19(22)24)21(26-17)23-20(25)15-8-4-6-13-5-2-3-7-14(13)15/h2-8,12H,9-11H2,1H3,(H2,22,24)(H,23,25)/t12-/m1/s1. The molecule has 1 heterocycles. The Bertz CT molecular complexity index is 1020. The molecule has 2 aromatic carbocycles. The Balaban J connectivity index is 1.73. The van der Waals surface area contributed by atoms with E-state index in [1.807, 2.05) is 36.4 Å². The summed E-state index contributed by atoms with van der Waals surface area (Å²) in [6.07, 6.45) is 2.88. The topological polar surface area (TPSA) is 72.2 Å². The maximum Gasteiger partial charge on any atom is 0.256 e. The minimum atomic E-state index is -0.468. The molecule has 1 aliphatic rings. The first kappa shape index (κ1) is 16.8. The van der Waals surface area contributed by atoms with E-state index in [4.69, 9.17) is 5.73 Å². The third-order valence-corrected chi connectivity index (χ3v) is 6.22. The van der Waals surface area contributed by atoms with Crippen LogP contribution in [0.4, 0.5) is 5.00 Å². The minimum absolute atomic E-state index is 0.212. The highest BCUT2D eigenvalue weighted by molar-refractivity contribution is 7.17. The SMILES string of the molecule is C[C@@H]1CCc2sc(NC(=O)c3cccc4ccccc34)c(C(N)=O)c2C1. The van der Waals surface area contributed by atoms with E-state index < -0.39 is 5.91 Å². The maximum atomic E-state index is 12.9. The van der Waals surface area contributed by atoms with Gasteiger partial charge in [-0.25, -0.2) is 0 Å². The Kier molecular flexibility index (Phi) is 4.24. The van der Waals surface area contributed by atoms with Crippen molar-refractivity contribution in [3.63, 3.8) is 0 Å². The Hall–Kier alpha value is -2.66. The highest BCUT2D eigenvalue weighted by Gasteiger charge is 2.27. The zero-order chi connectivity index (χ0) is 18.3. The molecule has 3 N–H and O–H groups in total. The maximum absolute atomic E-state index is 12.9. The van der Waals surface area contributed by atoms with Crippen molar-refractivity contribution in [2.45, 2.75) is 26.2 Å². The molecule has 0 bridgehead atoms. The third-order valence-electron chi connectivity index (χ3n) is 5.02. The molecule has 0 unspecified atom stereocenters. The number of benzene rings is 2. The first-order valence-electron chi connectivity index (χ1n) is 8.78. The van der Waals surface area contributed by atoms with Gasteiger partial charge in [-0.05, 0) is 47.6 Å². The van der Waals surface area contributed by atoms with Crippen LogP contribution in [0.1, 0.15) is 44.5 Å². The second kappa shape index (κ2) is 6.57. The van der Waals surface area contributed by atoms with Gasteiger partial charge in [-0.3, -0.25) is 9.59 Å². The van der Waals surface area contributed by atoms with Crippen LogP contribution in [-0.2, 0) is 12.8 Å². The van der Waals surface area contributed by atoms with E-state index in [0.717, 1.165) is 35.6 Å². The Morgan fingerprint density at radius 1 is 1.15 bits per heavy atom. The van der Waals surface area contributed by atoms with Crippen molar-refractivity contribution in [2.24, 2.45) is 11.7 Å². The third kappa shape index (κ3) is 2.88. The molecule has 132 valence electrons. The number of hydrogen-bond donors (Lipinski definition) is 2. The van der Waals surface area contributed by atoms with Crippen LogP contribution in [0.3, 0.4) is 0 Å². The van der Waals surface area contributed by atoms with Crippen molar-refractivity contribution in [1.29, 1.82) is 0 Å². The molecule has 0 radical (unpaired) electrons. The molecule has 0 saturated carbocycles. The highest BCUT2D eigenvalue weighted by atomic mass is 32.1. The molecule has 5 heteroatoms. The zero-order valence-corrected chi connectivity index (χ0v) is 15.4. The number of anilines is 1. The number of primary amides is 1. The molecule has 3 aromatic rings. The zero-order valence-electron chi connectivity index (χ0n) is 14.5. The molecule has 4 rings (SSSR count). The number of nitrogens with one attached hydrogen (secondary N) is 1. The second-order valence-corrected chi connectivity index (χ2v) is 8.01. The molecule has 0 fully saturated rings. The summed E-state index contributed by atoms with van der Waals surface area (Å²) in [5.74, 6) is -0.155. The van der Waals surface area contributed by atoms with E-state index >= 15 is 0 Å². The van der Waals surface area contributed by atoms with E-state index in [9.17, 15) is 9.59 Å².